The van der Waals surface area contributed by atoms with Gasteiger partial charge in [0.1, 0.15) is 5.69 Å². The van der Waals surface area contributed by atoms with Gasteiger partial charge >= 0.3 is 6.01 Å². The van der Waals surface area contributed by atoms with E-state index in [2.05, 4.69) is 15.1 Å². The molecular weight excluding hydrogens is 248 g/mol. The van der Waals surface area contributed by atoms with Crippen LogP contribution < -0.4 is 15.2 Å². The van der Waals surface area contributed by atoms with E-state index in [0.29, 0.717) is 11.5 Å². The fourth-order valence-corrected chi connectivity index (χ4v) is 1.39. The van der Waals surface area contributed by atoms with Crippen LogP contribution in [0.3, 0.4) is 0 Å². The zero-order valence-electron chi connectivity index (χ0n) is 10.1. The summed E-state index contributed by atoms with van der Waals surface area (Å²) in [5, 5.41) is 11.5. The molecule has 0 radical (unpaired) electrons. The highest BCUT2D eigenvalue weighted by Gasteiger charge is 2.08. The van der Waals surface area contributed by atoms with Gasteiger partial charge in [0.15, 0.2) is 17.3 Å². The third-order valence-corrected chi connectivity index (χ3v) is 2.27. The first-order chi connectivity index (χ1) is 9.24. The summed E-state index contributed by atoms with van der Waals surface area (Å²) in [5.74, 6) is 0.911. The summed E-state index contributed by atoms with van der Waals surface area (Å²) in [4.78, 5) is 7.96. The molecule has 0 aliphatic carbocycles. The molecule has 7 nitrogen and oxygen atoms in total. The monoisotopic (exact) mass is 260 g/mol. The van der Waals surface area contributed by atoms with Crippen molar-refractivity contribution in [2.45, 2.75) is 0 Å². The van der Waals surface area contributed by atoms with Crippen LogP contribution in [0, 0.1) is 0 Å². The molecule has 0 saturated carbocycles. The van der Waals surface area contributed by atoms with Gasteiger partial charge in [0.05, 0.1) is 7.11 Å². The minimum atomic E-state index is -0.118. The first kappa shape index (κ1) is 12.6. The van der Waals surface area contributed by atoms with E-state index < -0.39 is 0 Å². The van der Waals surface area contributed by atoms with Gasteiger partial charge in [0.2, 0.25) is 0 Å². The number of nitrogens with zero attached hydrogens (tertiary/aromatic N) is 3. The van der Waals surface area contributed by atoms with Gasteiger partial charge in [0.25, 0.3) is 0 Å². The summed E-state index contributed by atoms with van der Waals surface area (Å²) in [6.07, 6.45) is 1.45. The molecule has 0 fully saturated rings. The molecular formula is C12H12N4O3. The number of hydrogen-bond acceptors (Lipinski definition) is 6. The lowest BCUT2D eigenvalue weighted by Gasteiger charge is -2.08. The zero-order chi connectivity index (χ0) is 13.7. The van der Waals surface area contributed by atoms with E-state index in [9.17, 15) is 0 Å². The second kappa shape index (κ2) is 5.67. The number of ether oxygens (including phenoxy) is 2. The van der Waals surface area contributed by atoms with Crippen molar-refractivity contribution in [2.24, 2.45) is 10.9 Å². The predicted octanol–water partition coefficient (Wildman–Crippen LogP) is 1.37. The normalized spacial score (nSPS) is 11.1. The lowest BCUT2D eigenvalue weighted by Crippen LogP contribution is -2.15. The molecule has 0 amide bonds. The number of amidine groups is 1. The van der Waals surface area contributed by atoms with Crippen molar-refractivity contribution in [3.63, 3.8) is 0 Å². The summed E-state index contributed by atoms with van der Waals surface area (Å²) in [5.41, 5.74) is 5.71. The Kier molecular flexibility index (Phi) is 3.77. The molecule has 2 rings (SSSR count). The SMILES string of the molecule is COc1ccccc1Oc1nccc(/C(N)=N/O)n1. The van der Waals surface area contributed by atoms with E-state index >= 15 is 0 Å². The molecule has 0 aliphatic rings. The summed E-state index contributed by atoms with van der Waals surface area (Å²) in [7, 11) is 1.54. The third kappa shape index (κ3) is 2.89. The number of nitrogens with two attached hydrogens (primary N) is 1. The van der Waals surface area contributed by atoms with Crippen molar-refractivity contribution < 1.29 is 14.7 Å². The number of rotatable bonds is 4. The van der Waals surface area contributed by atoms with Crippen LogP contribution in [-0.4, -0.2) is 28.1 Å². The highest BCUT2D eigenvalue weighted by molar-refractivity contribution is 5.95. The molecule has 0 spiro atoms. The first-order valence-corrected chi connectivity index (χ1v) is 5.36. The number of methoxy groups -OCH3 is 1. The topological polar surface area (TPSA) is 103 Å². The lowest BCUT2D eigenvalue weighted by atomic mass is 10.3. The number of benzene rings is 1. The van der Waals surface area contributed by atoms with Crippen LogP contribution in [0.2, 0.25) is 0 Å². The molecule has 19 heavy (non-hydrogen) atoms. The van der Waals surface area contributed by atoms with Gasteiger partial charge in [-0.25, -0.2) is 4.98 Å². The Morgan fingerprint density at radius 2 is 2.00 bits per heavy atom. The average molecular weight is 260 g/mol. The summed E-state index contributed by atoms with van der Waals surface area (Å²) < 4.78 is 10.6. The van der Waals surface area contributed by atoms with E-state index in [1.54, 1.807) is 18.2 Å². The van der Waals surface area contributed by atoms with Crippen molar-refractivity contribution in [3.8, 4) is 17.5 Å². The highest BCUT2D eigenvalue weighted by Crippen LogP contribution is 2.29. The first-order valence-electron chi connectivity index (χ1n) is 5.36. The fourth-order valence-electron chi connectivity index (χ4n) is 1.39. The molecule has 3 N–H and O–H groups in total. The van der Waals surface area contributed by atoms with E-state index in [1.165, 1.54) is 19.4 Å². The average Bonchev–Trinajstić information content (AvgIpc) is 2.47. The number of hydrogen-bond donors (Lipinski definition) is 2. The van der Waals surface area contributed by atoms with Crippen LogP contribution in [0.5, 0.6) is 17.5 Å². The van der Waals surface area contributed by atoms with Crippen LogP contribution in [0.1, 0.15) is 5.69 Å². The lowest BCUT2D eigenvalue weighted by molar-refractivity contribution is 0.318. The van der Waals surface area contributed by atoms with Crippen LogP contribution in [0.4, 0.5) is 0 Å². The maximum Gasteiger partial charge on any atom is 0.322 e. The standard InChI is InChI=1S/C12H12N4O3/c1-18-9-4-2-3-5-10(9)19-12-14-7-6-8(15-12)11(13)16-17/h2-7,17H,1H3,(H2,13,16). The van der Waals surface area contributed by atoms with Crippen LogP contribution in [0.15, 0.2) is 41.7 Å². The Hall–Kier alpha value is -2.83. The summed E-state index contributed by atoms with van der Waals surface area (Å²) >= 11 is 0. The Morgan fingerprint density at radius 3 is 2.68 bits per heavy atom. The molecule has 1 heterocycles. The van der Waals surface area contributed by atoms with Crippen LogP contribution >= 0.6 is 0 Å². The Labute approximate surface area is 109 Å². The molecule has 0 aliphatic heterocycles. The smallest absolute Gasteiger partial charge is 0.322 e. The molecule has 0 atom stereocenters. The third-order valence-electron chi connectivity index (χ3n) is 2.27. The number of oxime groups is 1. The van der Waals surface area contributed by atoms with Crippen molar-refractivity contribution in [2.75, 3.05) is 7.11 Å². The number of aromatic nitrogens is 2. The molecule has 0 saturated heterocycles. The van der Waals surface area contributed by atoms with E-state index in [0.717, 1.165) is 0 Å². The molecule has 2 aromatic rings. The number of para-hydroxylation sites is 2. The second-order valence-corrected chi connectivity index (χ2v) is 3.46. The molecule has 0 bridgehead atoms. The Morgan fingerprint density at radius 1 is 1.26 bits per heavy atom. The van der Waals surface area contributed by atoms with Gasteiger partial charge in [-0.05, 0) is 18.2 Å². The predicted molar refractivity (Wildman–Crippen MR) is 67.6 cm³/mol. The maximum absolute atomic E-state index is 8.59. The van der Waals surface area contributed by atoms with Crippen LogP contribution in [0.25, 0.3) is 0 Å². The van der Waals surface area contributed by atoms with Crippen molar-refractivity contribution in [1.82, 2.24) is 9.97 Å². The van der Waals surface area contributed by atoms with E-state index in [4.69, 9.17) is 20.4 Å². The molecule has 0 unspecified atom stereocenters. The van der Waals surface area contributed by atoms with Crippen LogP contribution in [-0.2, 0) is 0 Å². The van der Waals surface area contributed by atoms with Crippen molar-refractivity contribution in [1.29, 1.82) is 0 Å². The van der Waals surface area contributed by atoms with Gasteiger partial charge in [0, 0.05) is 6.20 Å². The van der Waals surface area contributed by atoms with Crippen molar-refractivity contribution in [3.05, 3.63) is 42.2 Å². The van der Waals surface area contributed by atoms with E-state index in [1.807, 2.05) is 6.07 Å². The minimum absolute atomic E-state index is 0.0774. The van der Waals surface area contributed by atoms with Gasteiger partial charge in [-0.2, -0.15) is 4.98 Å². The Bertz CT molecular complexity index is 601. The Balaban J connectivity index is 2.28. The zero-order valence-corrected chi connectivity index (χ0v) is 10.1. The second-order valence-electron chi connectivity index (χ2n) is 3.46. The quantitative estimate of drug-likeness (QED) is 0.372. The summed E-state index contributed by atoms with van der Waals surface area (Å²) in [6, 6.07) is 8.67. The fraction of sp³-hybridized carbons (Fsp3) is 0.0833. The maximum atomic E-state index is 8.59. The molecule has 1 aromatic heterocycles. The van der Waals surface area contributed by atoms with Gasteiger partial charge in [-0.3, -0.25) is 0 Å². The van der Waals surface area contributed by atoms with Gasteiger partial charge in [-0.1, -0.05) is 17.3 Å². The summed E-state index contributed by atoms with van der Waals surface area (Å²) in [6.45, 7) is 0. The highest BCUT2D eigenvalue weighted by atomic mass is 16.5. The largest absolute Gasteiger partial charge is 0.493 e. The minimum Gasteiger partial charge on any atom is -0.493 e. The van der Waals surface area contributed by atoms with Crippen molar-refractivity contribution >= 4 is 5.84 Å². The molecule has 7 heteroatoms. The molecule has 98 valence electrons. The van der Waals surface area contributed by atoms with Gasteiger partial charge in [-0.15, -0.1) is 0 Å². The van der Waals surface area contributed by atoms with E-state index in [-0.39, 0.29) is 17.5 Å². The molecule has 1 aromatic carbocycles. The van der Waals surface area contributed by atoms with Gasteiger partial charge < -0.3 is 20.4 Å².